The first kappa shape index (κ1) is 15.3. The third-order valence-corrected chi connectivity index (χ3v) is 4.28. The molecule has 0 bridgehead atoms. The largest absolute Gasteiger partial charge is 0.508 e. The molecular weight excluding hydrogens is 248 g/mol. The van der Waals surface area contributed by atoms with Gasteiger partial charge in [0.15, 0.2) is 0 Å². The van der Waals surface area contributed by atoms with E-state index >= 15 is 0 Å². The van der Waals surface area contributed by atoms with Crippen molar-refractivity contribution in [3.8, 4) is 5.75 Å². The lowest BCUT2D eigenvalue weighted by molar-refractivity contribution is 0.176. The average molecular weight is 276 g/mol. The Balaban J connectivity index is 2.02. The monoisotopic (exact) mass is 276 g/mol. The highest BCUT2D eigenvalue weighted by atomic mass is 16.3. The summed E-state index contributed by atoms with van der Waals surface area (Å²) in [5.41, 5.74) is 1.20. The Labute approximate surface area is 123 Å². The number of aromatic hydroxyl groups is 1. The van der Waals surface area contributed by atoms with Crippen molar-refractivity contribution < 1.29 is 5.11 Å². The van der Waals surface area contributed by atoms with E-state index in [1.807, 2.05) is 12.1 Å². The zero-order valence-electron chi connectivity index (χ0n) is 12.8. The van der Waals surface area contributed by atoms with Gasteiger partial charge in [0, 0.05) is 18.6 Å². The Hall–Kier alpha value is -1.06. The number of phenols is 1. The minimum atomic E-state index is 0.353. The molecule has 3 heteroatoms. The van der Waals surface area contributed by atoms with E-state index in [0.717, 1.165) is 26.1 Å². The number of benzene rings is 1. The molecule has 1 aromatic rings. The highest BCUT2D eigenvalue weighted by molar-refractivity contribution is 5.29. The number of piperidine rings is 1. The summed E-state index contributed by atoms with van der Waals surface area (Å²) < 4.78 is 0. The van der Waals surface area contributed by atoms with E-state index in [2.05, 4.69) is 30.1 Å². The highest BCUT2D eigenvalue weighted by Crippen LogP contribution is 2.24. The summed E-state index contributed by atoms with van der Waals surface area (Å²) in [5.74, 6) is 0.363. The smallest absolute Gasteiger partial charge is 0.115 e. The van der Waals surface area contributed by atoms with Crippen LogP contribution in [0.5, 0.6) is 5.75 Å². The molecule has 1 saturated heterocycles. The molecule has 0 aliphatic carbocycles. The first-order valence-electron chi connectivity index (χ1n) is 7.97. The molecule has 1 aliphatic rings. The molecule has 112 valence electrons. The molecule has 1 fully saturated rings. The lowest BCUT2D eigenvalue weighted by Gasteiger charge is -2.34. The summed E-state index contributed by atoms with van der Waals surface area (Å²) in [4.78, 5) is 2.54. The summed E-state index contributed by atoms with van der Waals surface area (Å²) >= 11 is 0. The van der Waals surface area contributed by atoms with Crippen LogP contribution in [0.15, 0.2) is 24.3 Å². The summed E-state index contributed by atoms with van der Waals surface area (Å²) in [6.45, 7) is 7.84. The second-order valence-corrected chi connectivity index (χ2v) is 5.91. The molecule has 2 atom stereocenters. The van der Waals surface area contributed by atoms with Crippen molar-refractivity contribution in [1.82, 2.24) is 10.2 Å². The van der Waals surface area contributed by atoms with Gasteiger partial charge in [0.2, 0.25) is 0 Å². The van der Waals surface area contributed by atoms with E-state index in [0.29, 0.717) is 17.8 Å². The van der Waals surface area contributed by atoms with Gasteiger partial charge in [-0.25, -0.2) is 0 Å². The summed E-state index contributed by atoms with van der Waals surface area (Å²) in [5, 5.41) is 13.3. The molecular formula is C17H28N2O. The second-order valence-electron chi connectivity index (χ2n) is 5.91. The molecule has 0 radical (unpaired) electrons. The second kappa shape index (κ2) is 7.65. The van der Waals surface area contributed by atoms with E-state index < -0.39 is 0 Å². The number of hydrogen-bond acceptors (Lipinski definition) is 3. The van der Waals surface area contributed by atoms with Gasteiger partial charge in [0.05, 0.1) is 0 Å². The fourth-order valence-electron chi connectivity index (χ4n) is 3.09. The van der Waals surface area contributed by atoms with Gasteiger partial charge in [-0.15, -0.1) is 0 Å². The maximum atomic E-state index is 9.66. The van der Waals surface area contributed by atoms with Crippen LogP contribution in [0.1, 0.15) is 51.1 Å². The quantitative estimate of drug-likeness (QED) is 0.837. The van der Waals surface area contributed by atoms with E-state index in [4.69, 9.17) is 0 Å². The molecule has 1 aromatic carbocycles. The molecule has 2 N–H and O–H groups in total. The first-order valence-corrected chi connectivity index (χ1v) is 7.97. The lowest BCUT2D eigenvalue weighted by Crippen LogP contribution is -2.44. The van der Waals surface area contributed by atoms with Crippen LogP contribution in [0, 0.1) is 0 Å². The fourth-order valence-corrected chi connectivity index (χ4v) is 3.09. The maximum absolute atomic E-state index is 9.66. The van der Waals surface area contributed by atoms with Crippen LogP contribution in [-0.4, -0.2) is 35.7 Å². The molecule has 0 amide bonds. The van der Waals surface area contributed by atoms with Crippen LogP contribution in [0.25, 0.3) is 0 Å². The SMILES string of the molecule is CCCN(CC1CCCCN1)C(C)c1cccc(O)c1. The van der Waals surface area contributed by atoms with Crippen LogP contribution < -0.4 is 5.32 Å². The van der Waals surface area contributed by atoms with Gasteiger partial charge in [0.1, 0.15) is 5.75 Å². The summed E-state index contributed by atoms with van der Waals surface area (Å²) in [7, 11) is 0. The van der Waals surface area contributed by atoms with Crippen LogP contribution in [0.4, 0.5) is 0 Å². The van der Waals surface area contributed by atoms with Crippen molar-refractivity contribution in [2.45, 2.75) is 51.6 Å². The van der Waals surface area contributed by atoms with E-state index in [1.54, 1.807) is 6.07 Å². The van der Waals surface area contributed by atoms with Crippen LogP contribution >= 0.6 is 0 Å². The van der Waals surface area contributed by atoms with Gasteiger partial charge in [0.25, 0.3) is 0 Å². The minimum Gasteiger partial charge on any atom is -0.508 e. The van der Waals surface area contributed by atoms with Crippen molar-refractivity contribution in [3.05, 3.63) is 29.8 Å². The van der Waals surface area contributed by atoms with Crippen LogP contribution in [0.3, 0.4) is 0 Å². The average Bonchev–Trinajstić information content (AvgIpc) is 2.47. The Bertz CT molecular complexity index is 402. The molecule has 2 rings (SSSR count). The molecule has 3 nitrogen and oxygen atoms in total. The van der Waals surface area contributed by atoms with Crippen molar-refractivity contribution in [2.75, 3.05) is 19.6 Å². The third-order valence-electron chi connectivity index (χ3n) is 4.28. The predicted octanol–water partition coefficient (Wildman–Crippen LogP) is 3.31. The highest BCUT2D eigenvalue weighted by Gasteiger charge is 2.21. The standard InChI is InChI=1S/C17H28N2O/c1-3-11-19(13-16-8-4-5-10-18-16)14(2)15-7-6-9-17(20)12-15/h6-7,9,12,14,16,18,20H,3-5,8,10-11,13H2,1-2H3. The van der Waals surface area contributed by atoms with Crippen molar-refractivity contribution in [1.29, 1.82) is 0 Å². The maximum Gasteiger partial charge on any atom is 0.115 e. The van der Waals surface area contributed by atoms with Crippen LogP contribution in [-0.2, 0) is 0 Å². The van der Waals surface area contributed by atoms with Gasteiger partial charge >= 0.3 is 0 Å². The summed E-state index contributed by atoms with van der Waals surface area (Å²) in [6, 6.07) is 8.65. The summed E-state index contributed by atoms with van der Waals surface area (Å²) in [6.07, 6.45) is 5.10. The number of rotatable bonds is 6. The molecule has 0 aromatic heterocycles. The zero-order chi connectivity index (χ0) is 14.4. The Morgan fingerprint density at radius 3 is 2.90 bits per heavy atom. The lowest BCUT2D eigenvalue weighted by atomic mass is 10.0. The van der Waals surface area contributed by atoms with Gasteiger partial charge < -0.3 is 10.4 Å². The molecule has 2 unspecified atom stereocenters. The third kappa shape index (κ3) is 4.22. The van der Waals surface area contributed by atoms with Gasteiger partial charge in [-0.2, -0.15) is 0 Å². The van der Waals surface area contributed by atoms with Gasteiger partial charge in [-0.1, -0.05) is 25.5 Å². The van der Waals surface area contributed by atoms with Gasteiger partial charge in [-0.3, -0.25) is 4.90 Å². The minimum absolute atomic E-state index is 0.353. The Kier molecular flexibility index (Phi) is 5.86. The number of phenolic OH excluding ortho intramolecular Hbond substituents is 1. The molecule has 0 saturated carbocycles. The zero-order valence-corrected chi connectivity index (χ0v) is 12.8. The van der Waals surface area contributed by atoms with E-state index in [1.165, 1.54) is 24.8 Å². The number of hydrogen-bond donors (Lipinski definition) is 2. The number of nitrogens with one attached hydrogen (secondary N) is 1. The fraction of sp³-hybridized carbons (Fsp3) is 0.647. The topological polar surface area (TPSA) is 35.5 Å². The number of nitrogens with zero attached hydrogens (tertiary/aromatic N) is 1. The molecule has 1 heterocycles. The normalized spacial score (nSPS) is 21.1. The molecule has 20 heavy (non-hydrogen) atoms. The molecule has 1 aliphatic heterocycles. The Morgan fingerprint density at radius 1 is 1.40 bits per heavy atom. The van der Waals surface area contributed by atoms with E-state index in [-0.39, 0.29) is 0 Å². The van der Waals surface area contributed by atoms with E-state index in [9.17, 15) is 5.11 Å². The molecule has 0 spiro atoms. The van der Waals surface area contributed by atoms with Gasteiger partial charge in [-0.05, 0) is 57.0 Å². The first-order chi connectivity index (χ1) is 9.70. The van der Waals surface area contributed by atoms with Crippen molar-refractivity contribution in [3.63, 3.8) is 0 Å². The van der Waals surface area contributed by atoms with Crippen molar-refractivity contribution >= 4 is 0 Å². The predicted molar refractivity (Wildman–Crippen MR) is 84.0 cm³/mol. The van der Waals surface area contributed by atoms with Crippen LogP contribution in [0.2, 0.25) is 0 Å². The Morgan fingerprint density at radius 2 is 2.25 bits per heavy atom. The van der Waals surface area contributed by atoms with Crippen molar-refractivity contribution in [2.24, 2.45) is 0 Å².